The van der Waals surface area contributed by atoms with Gasteiger partial charge in [-0.3, -0.25) is 0 Å². The molecule has 0 unspecified atom stereocenters. The molecule has 2 saturated heterocycles. The molecule has 6 rings (SSSR count). The molecule has 4 aliphatic carbocycles. The molecule has 4 saturated carbocycles. The van der Waals surface area contributed by atoms with E-state index in [2.05, 4.69) is 27.7 Å². The van der Waals surface area contributed by atoms with Gasteiger partial charge in [-0.25, -0.2) is 0 Å². The maximum absolute atomic E-state index is 6.76. The van der Waals surface area contributed by atoms with Gasteiger partial charge in [-0.1, -0.05) is 27.7 Å². The van der Waals surface area contributed by atoms with Gasteiger partial charge in [0.15, 0.2) is 0 Å². The van der Waals surface area contributed by atoms with E-state index in [0.717, 1.165) is 0 Å². The summed E-state index contributed by atoms with van der Waals surface area (Å²) in [6.45, 7) is 10.3. The summed E-state index contributed by atoms with van der Waals surface area (Å²) in [6, 6.07) is 0. The highest BCUT2D eigenvalue weighted by Gasteiger charge is 2.92. The zero-order valence-electron chi connectivity index (χ0n) is 14.5. The fourth-order valence-corrected chi connectivity index (χ4v) is 9.52. The van der Waals surface area contributed by atoms with Crippen molar-refractivity contribution in [2.24, 2.45) is 21.7 Å². The molecule has 22 heavy (non-hydrogen) atoms. The van der Waals surface area contributed by atoms with Crippen LogP contribution >= 0.6 is 0 Å². The van der Waals surface area contributed by atoms with E-state index in [1.165, 1.54) is 51.4 Å². The molecule has 4 spiro atoms. The largest absolute Gasteiger partial charge is 0.362 e. The summed E-state index contributed by atoms with van der Waals surface area (Å²) in [5.74, 6) is 0. The first-order chi connectivity index (χ1) is 10.1. The van der Waals surface area contributed by atoms with E-state index in [0.29, 0.717) is 21.7 Å². The Labute approximate surface area is 133 Å². The van der Waals surface area contributed by atoms with Crippen LogP contribution in [0.4, 0.5) is 0 Å². The number of ether oxygens (including phenoxy) is 2. The van der Waals surface area contributed by atoms with Crippen LogP contribution in [-0.2, 0) is 9.47 Å². The van der Waals surface area contributed by atoms with Gasteiger partial charge in [0.25, 0.3) is 0 Å². The summed E-state index contributed by atoms with van der Waals surface area (Å²) in [5.41, 5.74) is 2.74. The number of hydrogen-bond acceptors (Lipinski definition) is 2. The molecule has 0 N–H and O–H groups in total. The molecule has 2 heteroatoms. The van der Waals surface area contributed by atoms with Crippen LogP contribution in [0.15, 0.2) is 0 Å². The van der Waals surface area contributed by atoms with Gasteiger partial charge in [-0.05, 0) is 73.0 Å². The van der Waals surface area contributed by atoms with Crippen LogP contribution in [0.1, 0.15) is 79.1 Å². The molecule has 0 aromatic rings. The number of epoxide rings is 2. The molecule has 2 heterocycles. The third-order valence-electron chi connectivity index (χ3n) is 10.7. The van der Waals surface area contributed by atoms with Crippen LogP contribution in [0, 0.1) is 21.7 Å². The average molecular weight is 300 g/mol. The molecule has 0 amide bonds. The lowest BCUT2D eigenvalue weighted by atomic mass is 9.71. The van der Waals surface area contributed by atoms with Crippen LogP contribution in [-0.4, -0.2) is 22.4 Å². The highest BCUT2D eigenvalue weighted by atomic mass is 16.6. The standard InChI is InChI=1S/C20H28O2/c1-13-5-17-7-14(13,2)8-18(6-13)20(22-18)10-15(3)9-19(17,21-17)11-16(15,4)12-20/h5-12H2,1-4H3. The van der Waals surface area contributed by atoms with Crippen LogP contribution in [0.3, 0.4) is 0 Å². The van der Waals surface area contributed by atoms with E-state index in [4.69, 9.17) is 9.47 Å². The molecule has 6 aliphatic rings. The van der Waals surface area contributed by atoms with Crippen molar-refractivity contribution >= 4 is 0 Å². The van der Waals surface area contributed by atoms with Crippen molar-refractivity contribution in [2.75, 3.05) is 0 Å². The third kappa shape index (κ3) is 0.844. The summed E-state index contributed by atoms with van der Waals surface area (Å²) in [7, 11) is 0. The third-order valence-corrected chi connectivity index (χ3v) is 10.7. The molecule has 2 nitrogen and oxygen atoms in total. The highest BCUT2D eigenvalue weighted by molar-refractivity contribution is 5.41. The Kier molecular flexibility index (Phi) is 1.38. The Balaban J connectivity index is 1.52. The summed E-state index contributed by atoms with van der Waals surface area (Å²) < 4.78 is 13.5. The molecule has 0 atom stereocenters. The van der Waals surface area contributed by atoms with Crippen molar-refractivity contribution in [2.45, 2.75) is 101 Å². The van der Waals surface area contributed by atoms with Crippen molar-refractivity contribution in [3.8, 4) is 0 Å². The molecule has 0 aromatic heterocycles. The van der Waals surface area contributed by atoms with E-state index in [-0.39, 0.29) is 22.4 Å². The lowest BCUT2D eigenvalue weighted by Gasteiger charge is -2.33. The average Bonchev–Trinajstić information content (AvgIpc) is 2.89. The lowest BCUT2D eigenvalue weighted by Crippen LogP contribution is -2.32. The lowest BCUT2D eigenvalue weighted by molar-refractivity contribution is 0.157. The minimum Gasteiger partial charge on any atom is -0.362 e. The zero-order valence-corrected chi connectivity index (χ0v) is 14.5. The Morgan fingerprint density at radius 2 is 0.591 bits per heavy atom. The molecule has 0 aromatic carbocycles. The van der Waals surface area contributed by atoms with Gasteiger partial charge in [-0.15, -0.1) is 0 Å². The van der Waals surface area contributed by atoms with Crippen molar-refractivity contribution in [3.63, 3.8) is 0 Å². The Hall–Kier alpha value is -0.0800. The molecular weight excluding hydrogens is 272 g/mol. The molecular formula is C20H28O2. The second-order valence-electron chi connectivity index (χ2n) is 11.8. The quantitative estimate of drug-likeness (QED) is 0.626. The van der Waals surface area contributed by atoms with Gasteiger partial charge in [0, 0.05) is 0 Å². The Bertz CT molecular complexity index is 535. The minimum absolute atomic E-state index is 0.239. The fourth-order valence-electron chi connectivity index (χ4n) is 9.52. The highest BCUT2D eigenvalue weighted by Crippen LogP contribution is 2.90. The molecule has 0 bridgehead atoms. The number of hydrogen-bond donors (Lipinski definition) is 0. The SMILES string of the molecule is CC12CC34CC1(C)CC1(C2)OC12CC1(C)CC3(CC1(C)C2)O4. The van der Waals surface area contributed by atoms with E-state index in [1.54, 1.807) is 0 Å². The molecule has 0 radical (unpaired) electrons. The van der Waals surface area contributed by atoms with E-state index in [9.17, 15) is 0 Å². The fraction of sp³-hybridized carbons (Fsp3) is 1.00. The monoisotopic (exact) mass is 300 g/mol. The second kappa shape index (κ2) is 2.47. The first kappa shape index (κ1) is 12.3. The maximum atomic E-state index is 6.76. The predicted octanol–water partition coefficient (Wildman–Crippen LogP) is 4.22. The smallest absolute Gasteiger partial charge is 0.0991 e. The second-order valence-corrected chi connectivity index (χ2v) is 11.8. The summed E-state index contributed by atoms with van der Waals surface area (Å²) >= 11 is 0. The van der Waals surface area contributed by atoms with Crippen LogP contribution in [0.5, 0.6) is 0 Å². The van der Waals surface area contributed by atoms with Crippen LogP contribution in [0.25, 0.3) is 0 Å². The number of fused-ring (bicyclic) bond motifs is 4. The summed E-state index contributed by atoms with van der Waals surface area (Å²) in [4.78, 5) is 0. The topological polar surface area (TPSA) is 25.1 Å². The first-order valence-corrected chi connectivity index (χ1v) is 9.47. The van der Waals surface area contributed by atoms with Crippen molar-refractivity contribution in [1.29, 1.82) is 0 Å². The summed E-state index contributed by atoms with van der Waals surface area (Å²) in [5, 5.41) is 0. The van der Waals surface area contributed by atoms with Gasteiger partial charge in [-0.2, -0.15) is 0 Å². The van der Waals surface area contributed by atoms with Crippen LogP contribution in [0.2, 0.25) is 0 Å². The first-order valence-electron chi connectivity index (χ1n) is 9.47. The maximum Gasteiger partial charge on any atom is 0.0991 e. The van der Waals surface area contributed by atoms with Crippen molar-refractivity contribution < 1.29 is 9.47 Å². The van der Waals surface area contributed by atoms with Gasteiger partial charge in [0.1, 0.15) is 0 Å². The van der Waals surface area contributed by atoms with Gasteiger partial charge in [0.2, 0.25) is 0 Å². The van der Waals surface area contributed by atoms with Crippen LogP contribution < -0.4 is 0 Å². The van der Waals surface area contributed by atoms with E-state index in [1.807, 2.05) is 0 Å². The zero-order chi connectivity index (χ0) is 15.1. The summed E-state index contributed by atoms with van der Waals surface area (Å²) in [6.07, 6.45) is 10.5. The Morgan fingerprint density at radius 1 is 0.409 bits per heavy atom. The number of rotatable bonds is 0. The predicted molar refractivity (Wildman–Crippen MR) is 82.5 cm³/mol. The van der Waals surface area contributed by atoms with Gasteiger partial charge >= 0.3 is 0 Å². The van der Waals surface area contributed by atoms with Crippen molar-refractivity contribution in [3.05, 3.63) is 0 Å². The van der Waals surface area contributed by atoms with Crippen molar-refractivity contribution in [1.82, 2.24) is 0 Å². The van der Waals surface area contributed by atoms with E-state index < -0.39 is 0 Å². The molecule has 6 fully saturated rings. The normalized spacial score (nSPS) is 81.3. The molecule has 120 valence electrons. The Morgan fingerprint density at radius 3 is 0.773 bits per heavy atom. The van der Waals surface area contributed by atoms with Gasteiger partial charge < -0.3 is 9.47 Å². The minimum atomic E-state index is 0.239. The molecule has 2 aliphatic heterocycles. The van der Waals surface area contributed by atoms with Gasteiger partial charge in [0.05, 0.1) is 22.4 Å². The van der Waals surface area contributed by atoms with E-state index >= 15 is 0 Å².